The Hall–Kier alpha value is -1.70. The molecule has 0 unspecified atom stereocenters. The summed E-state index contributed by atoms with van der Waals surface area (Å²) in [5, 5.41) is 0. The lowest BCUT2D eigenvalue weighted by Gasteiger charge is -2.08. The third kappa shape index (κ3) is 8.12. The number of hydrogen-bond donors (Lipinski definition) is 0. The van der Waals surface area contributed by atoms with Gasteiger partial charge < -0.3 is 0 Å². The van der Waals surface area contributed by atoms with Gasteiger partial charge >= 0.3 is 0 Å². The highest BCUT2D eigenvalue weighted by atomic mass is 14.9. The summed E-state index contributed by atoms with van der Waals surface area (Å²) in [6, 6.07) is 8.72. The van der Waals surface area contributed by atoms with Gasteiger partial charge in [0.05, 0.1) is 0 Å². The van der Waals surface area contributed by atoms with E-state index in [0.29, 0.717) is 0 Å². The summed E-state index contributed by atoms with van der Waals surface area (Å²) in [5.74, 6) is 0.854. The quantitative estimate of drug-likeness (QED) is 0.312. The molecule has 0 aliphatic carbocycles. The van der Waals surface area contributed by atoms with Crippen LogP contribution in [0.15, 0.2) is 30.5 Å². The van der Waals surface area contributed by atoms with Crippen LogP contribution in [0, 0.1) is 6.92 Å². The van der Waals surface area contributed by atoms with Gasteiger partial charge in [-0.15, -0.1) is 0 Å². The van der Waals surface area contributed by atoms with Crippen LogP contribution in [-0.4, -0.2) is 9.97 Å². The lowest BCUT2D eigenvalue weighted by molar-refractivity contribution is 0.556. The smallest absolute Gasteiger partial charge is 0.159 e. The van der Waals surface area contributed by atoms with Crippen LogP contribution >= 0.6 is 0 Å². The van der Waals surface area contributed by atoms with Gasteiger partial charge in [-0.2, -0.15) is 0 Å². The van der Waals surface area contributed by atoms with E-state index in [1.54, 1.807) is 0 Å². The van der Waals surface area contributed by atoms with Crippen molar-refractivity contribution in [3.05, 3.63) is 47.3 Å². The summed E-state index contributed by atoms with van der Waals surface area (Å²) in [5.41, 5.74) is 4.96. The third-order valence-corrected chi connectivity index (χ3v) is 5.63. The summed E-state index contributed by atoms with van der Waals surface area (Å²) < 4.78 is 0. The average Bonchev–Trinajstić information content (AvgIpc) is 2.71. The summed E-state index contributed by atoms with van der Waals surface area (Å²) in [7, 11) is 0. The molecule has 0 saturated heterocycles. The Morgan fingerprint density at radius 2 is 1.29 bits per heavy atom. The zero-order chi connectivity index (χ0) is 20.0. The molecule has 0 amide bonds. The molecule has 0 aliphatic heterocycles. The maximum absolute atomic E-state index is 4.77. The van der Waals surface area contributed by atoms with Crippen LogP contribution in [0.1, 0.15) is 101 Å². The minimum atomic E-state index is 0.854. The van der Waals surface area contributed by atoms with Crippen molar-refractivity contribution in [1.29, 1.82) is 0 Å². The Morgan fingerprint density at radius 1 is 0.679 bits per heavy atom. The molecule has 0 fully saturated rings. The molecular formula is C26H40N2. The second-order valence-electron chi connectivity index (χ2n) is 8.18. The van der Waals surface area contributed by atoms with E-state index in [9.17, 15) is 0 Å². The predicted molar refractivity (Wildman–Crippen MR) is 122 cm³/mol. The Bertz CT molecular complexity index is 661. The third-order valence-electron chi connectivity index (χ3n) is 5.63. The number of nitrogens with zero attached hydrogens (tertiary/aromatic N) is 2. The van der Waals surface area contributed by atoms with Crippen molar-refractivity contribution in [1.82, 2.24) is 9.97 Å². The Morgan fingerprint density at radius 3 is 1.86 bits per heavy atom. The molecule has 2 rings (SSSR count). The Labute approximate surface area is 173 Å². The van der Waals surface area contributed by atoms with Crippen LogP contribution in [0.25, 0.3) is 11.4 Å². The monoisotopic (exact) mass is 380 g/mol. The van der Waals surface area contributed by atoms with Crippen LogP contribution in [0.2, 0.25) is 0 Å². The van der Waals surface area contributed by atoms with Crippen molar-refractivity contribution in [2.75, 3.05) is 0 Å². The molecule has 0 radical (unpaired) electrons. The fraction of sp³-hybridized carbons (Fsp3) is 0.615. The molecule has 2 aromatic rings. The molecule has 1 aromatic heterocycles. The van der Waals surface area contributed by atoms with Crippen LogP contribution < -0.4 is 0 Å². The van der Waals surface area contributed by atoms with Crippen molar-refractivity contribution in [3.63, 3.8) is 0 Å². The highest BCUT2D eigenvalue weighted by Gasteiger charge is 2.06. The molecular weight excluding hydrogens is 340 g/mol. The largest absolute Gasteiger partial charge is 0.236 e. The number of rotatable bonds is 14. The number of unbranched alkanes of at least 4 members (excludes halogenated alkanes) is 9. The van der Waals surface area contributed by atoms with E-state index in [-0.39, 0.29) is 0 Å². The standard InChI is InChI=1S/C26H40N2/c1-4-6-7-8-9-10-11-12-13-14-16-25-21-27-26(28-22(25)3)24-19-17-23(15-5-2)18-20-24/h17-21H,4-16H2,1-3H3. The molecule has 0 spiro atoms. The average molecular weight is 381 g/mol. The van der Waals surface area contributed by atoms with Gasteiger partial charge in [-0.1, -0.05) is 102 Å². The molecule has 0 atom stereocenters. The number of aryl methyl sites for hydroxylation is 3. The molecule has 2 heteroatoms. The minimum Gasteiger partial charge on any atom is -0.236 e. The number of hydrogen-bond acceptors (Lipinski definition) is 2. The Balaban J connectivity index is 1.69. The van der Waals surface area contributed by atoms with Crippen molar-refractivity contribution in [2.24, 2.45) is 0 Å². The molecule has 1 heterocycles. The van der Waals surface area contributed by atoms with Gasteiger partial charge in [-0.3, -0.25) is 0 Å². The molecule has 2 nitrogen and oxygen atoms in total. The second-order valence-corrected chi connectivity index (χ2v) is 8.18. The van der Waals surface area contributed by atoms with Gasteiger partial charge in [0, 0.05) is 17.5 Å². The van der Waals surface area contributed by atoms with Gasteiger partial charge in [-0.05, 0) is 37.3 Å². The zero-order valence-corrected chi connectivity index (χ0v) is 18.5. The molecule has 0 bridgehead atoms. The fourth-order valence-corrected chi connectivity index (χ4v) is 3.79. The molecule has 1 aromatic carbocycles. The fourth-order valence-electron chi connectivity index (χ4n) is 3.79. The first kappa shape index (κ1) is 22.6. The summed E-state index contributed by atoms with van der Waals surface area (Å²) in [6.45, 7) is 6.63. The normalized spacial score (nSPS) is 11.1. The molecule has 0 N–H and O–H groups in total. The Kier molecular flexibility index (Phi) is 10.9. The van der Waals surface area contributed by atoms with Crippen LogP contribution in [0.3, 0.4) is 0 Å². The van der Waals surface area contributed by atoms with Gasteiger partial charge in [0.2, 0.25) is 0 Å². The van der Waals surface area contributed by atoms with E-state index >= 15 is 0 Å². The lowest BCUT2D eigenvalue weighted by Crippen LogP contribution is -1.98. The maximum atomic E-state index is 4.77. The lowest BCUT2D eigenvalue weighted by atomic mass is 10.0. The van der Waals surface area contributed by atoms with E-state index in [2.05, 4.69) is 50.0 Å². The first-order valence-electron chi connectivity index (χ1n) is 11.7. The van der Waals surface area contributed by atoms with Crippen molar-refractivity contribution >= 4 is 0 Å². The van der Waals surface area contributed by atoms with E-state index in [4.69, 9.17) is 4.98 Å². The first-order valence-corrected chi connectivity index (χ1v) is 11.7. The van der Waals surface area contributed by atoms with Gasteiger partial charge in [0.1, 0.15) is 0 Å². The molecule has 0 aliphatic rings. The number of benzene rings is 1. The highest BCUT2D eigenvalue weighted by molar-refractivity contribution is 5.55. The predicted octanol–water partition coefficient (Wildman–Crippen LogP) is 7.87. The molecule has 28 heavy (non-hydrogen) atoms. The van der Waals surface area contributed by atoms with E-state index in [1.165, 1.54) is 81.8 Å². The van der Waals surface area contributed by atoms with Crippen LogP contribution in [0.5, 0.6) is 0 Å². The zero-order valence-electron chi connectivity index (χ0n) is 18.5. The SMILES string of the molecule is CCCCCCCCCCCCc1cnc(-c2ccc(CCC)cc2)nc1C. The summed E-state index contributed by atoms with van der Waals surface area (Å²) >= 11 is 0. The van der Waals surface area contributed by atoms with Gasteiger partial charge in [0.25, 0.3) is 0 Å². The first-order chi connectivity index (χ1) is 13.7. The molecule has 0 saturated carbocycles. The van der Waals surface area contributed by atoms with E-state index < -0.39 is 0 Å². The van der Waals surface area contributed by atoms with Crippen LogP contribution in [0.4, 0.5) is 0 Å². The van der Waals surface area contributed by atoms with Gasteiger partial charge in [0.15, 0.2) is 5.82 Å². The highest BCUT2D eigenvalue weighted by Crippen LogP contribution is 2.19. The van der Waals surface area contributed by atoms with Crippen molar-refractivity contribution < 1.29 is 0 Å². The van der Waals surface area contributed by atoms with E-state index in [0.717, 1.165) is 29.9 Å². The van der Waals surface area contributed by atoms with E-state index in [1.807, 2.05) is 6.20 Å². The maximum Gasteiger partial charge on any atom is 0.159 e. The van der Waals surface area contributed by atoms with Crippen molar-refractivity contribution in [2.45, 2.75) is 104 Å². The summed E-state index contributed by atoms with van der Waals surface area (Å²) in [4.78, 5) is 9.41. The van der Waals surface area contributed by atoms with Gasteiger partial charge in [-0.25, -0.2) is 9.97 Å². The number of aromatic nitrogens is 2. The summed E-state index contributed by atoms with van der Waals surface area (Å²) in [6.07, 6.45) is 19.3. The van der Waals surface area contributed by atoms with Crippen LogP contribution in [-0.2, 0) is 12.8 Å². The topological polar surface area (TPSA) is 25.8 Å². The minimum absolute atomic E-state index is 0.854. The van der Waals surface area contributed by atoms with Crippen molar-refractivity contribution in [3.8, 4) is 11.4 Å². The second kappa shape index (κ2) is 13.5. The molecule has 154 valence electrons.